The van der Waals surface area contributed by atoms with Gasteiger partial charge in [0.05, 0.1) is 5.37 Å². The van der Waals surface area contributed by atoms with E-state index in [1.165, 1.54) is 11.4 Å². The molecule has 2 aromatic carbocycles. The number of carbonyl (C=O) groups excluding carboxylic acids is 1. The quantitative estimate of drug-likeness (QED) is 0.302. The minimum absolute atomic E-state index is 0.0278. The molecule has 1 aromatic heterocycles. The maximum absolute atomic E-state index is 12.8. The van der Waals surface area contributed by atoms with Crippen LogP contribution in [0.3, 0.4) is 0 Å². The third kappa shape index (κ3) is 4.05. The van der Waals surface area contributed by atoms with E-state index in [0.717, 1.165) is 11.3 Å². The van der Waals surface area contributed by atoms with Gasteiger partial charge in [0.25, 0.3) is 5.37 Å². The Labute approximate surface area is 162 Å². The summed E-state index contributed by atoms with van der Waals surface area (Å²) in [7, 11) is 0. The van der Waals surface area contributed by atoms with Crippen molar-refractivity contribution in [3.8, 4) is 0 Å². The average molecular weight is 373 g/mol. The fraction of sp³-hybridized carbons (Fsp3) is 0.0455. The lowest BCUT2D eigenvalue weighted by Gasteiger charge is -2.20. The third-order valence-corrected chi connectivity index (χ3v) is 5.32. The molecule has 0 saturated heterocycles. The number of ketones is 1. The summed E-state index contributed by atoms with van der Waals surface area (Å²) in [6.07, 6.45) is 3.65. The second kappa shape index (κ2) is 8.12. The number of carbonyl (C=O) groups is 1. The van der Waals surface area contributed by atoms with E-state index >= 15 is 0 Å². The fourth-order valence-corrected chi connectivity index (χ4v) is 3.81. The van der Waals surface area contributed by atoms with Crippen molar-refractivity contribution in [3.63, 3.8) is 0 Å². The topological polar surface area (TPSA) is 58.6 Å². The van der Waals surface area contributed by atoms with Crippen LogP contribution < -0.4 is 10.6 Å². The van der Waals surface area contributed by atoms with Gasteiger partial charge in [0.2, 0.25) is 0 Å². The Morgan fingerprint density at radius 2 is 1.85 bits per heavy atom. The van der Waals surface area contributed by atoms with Gasteiger partial charge in [0.15, 0.2) is 17.1 Å². The highest BCUT2D eigenvalue weighted by molar-refractivity contribution is 7.80. The summed E-state index contributed by atoms with van der Waals surface area (Å²) in [5.74, 6) is 0.0278. The molecule has 4 nitrogen and oxygen atoms in total. The highest BCUT2D eigenvalue weighted by Crippen LogP contribution is 2.20. The lowest BCUT2D eigenvalue weighted by Crippen LogP contribution is -2.85. The zero-order valence-corrected chi connectivity index (χ0v) is 15.4. The van der Waals surface area contributed by atoms with E-state index in [0.29, 0.717) is 17.7 Å². The molecule has 0 radical (unpaired) electrons. The van der Waals surface area contributed by atoms with E-state index in [-0.39, 0.29) is 5.78 Å². The van der Waals surface area contributed by atoms with Crippen molar-refractivity contribution in [1.29, 1.82) is 0 Å². The van der Waals surface area contributed by atoms with Crippen molar-refractivity contribution < 1.29 is 10.1 Å². The standard InChI is InChI=1S/C22H19N3OS/c26-21(16-7-2-1-3-8-16)19-10-4-5-11-20(19)24-14-18-15-27-22(25-18)17-9-6-12-23-13-17/h1-13,15,24H,14,25H2. The van der Waals surface area contributed by atoms with Gasteiger partial charge in [-0.3, -0.25) is 4.79 Å². The molecule has 1 aliphatic heterocycles. The molecular weight excluding hydrogens is 354 g/mol. The van der Waals surface area contributed by atoms with Crippen LogP contribution >= 0.6 is 0 Å². The number of rotatable bonds is 6. The Morgan fingerprint density at radius 3 is 2.67 bits per heavy atom. The predicted molar refractivity (Wildman–Crippen MR) is 110 cm³/mol. The van der Waals surface area contributed by atoms with Crippen LogP contribution in [0.1, 0.15) is 21.5 Å². The molecule has 3 aromatic rings. The summed E-state index contributed by atoms with van der Waals surface area (Å²) in [6.45, 7) is 0.663. The second-order valence-electron chi connectivity index (χ2n) is 6.16. The van der Waals surface area contributed by atoms with Crippen LogP contribution in [-0.4, -0.2) is 22.7 Å². The van der Waals surface area contributed by atoms with Gasteiger partial charge in [-0.1, -0.05) is 60.3 Å². The van der Waals surface area contributed by atoms with E-state index in [1.807, 2.05) is 66.9 Å². The van der Waals surface area contributed by atoms with Crippen molar-refractivity contribution in [2.24, 2.45) is 0 Å². The first-order valence-electron chi connectivity index (χ1n) is 8.72. The van der Waals surface area contributed by atoms with Crippen molar-refractivity contribution in [2.45, 2.75) is 0 Å². The number of pyridine rings is 1. The Hall–Kier alpha value is -3.02. The number of nitrogens with one attached hydrogen (secondary N) is 1. The third-order valence-electron chi connectivity index (χ3n) is 4.29. The summed E-state index contributed by atoms with van der Waals surface area (Å²) in [5, 5.41) is 8.90. The van der Waals surface area contributed by atoms with E-state index in [2.05, 4.69) is 27.1 Å². The number of nitrogens with two attached hydrogens (primary N) is 1. The van der Waals surface area contributed by atoms with Crippen LogP contribution in [0.25, 0.3) is 0 Å². The first kappa shape index (κ1) is 17.4. The summed E-state index contributed by atoms with van der Waals surface area (Å²) < 4.78 is 0. The predicted octanol–water partition coefficient (Wildman–Crippen LogP) is 2.26. The van der Waals surface area contributed by atoms with Crippen molar-refractivity contribution in [2.75, 3.05) is 11.9 Å². The lowest BCUT2D eigenvalue weighted by molar-refractivity contribution is -0.589. The minimum atomic E-state index is 0.0278. The summed E-state index contributed by atoms with van der Waals surface area (Å²) >= 11 is 1.70. The highest BCUT2D eigenvalue weighted by Gasteiger charge is 2.23. The lowest BCUT2D eigenvalue weighted by atomic mass is 10.0. The van der Waals surface area contributed by atoms with E-state index in [1.54, 1.807) is 17.5 Å². The molecule has 2 heterocycles. The molecule has 0 unspecified atom stereocenters. The molecule has 4 rings (SSSR count). The molecule has 3 N–H and O–H groups in total. The van der Waals surface area contributed by atoms with Crippen LogP contribution in [0.15, 0.2) is 79.1 Å². The maximum atomic E-state index is 12.8. The van der Waals surface area contributed by atoms with Crippen LogP contribution in [0.2, 0.25) is 0 Å². The first-order chi connectivity index (χ1) is 13.3. The van der Waals surface area contributed by atoms with Gasteiger partial charge in [-0.25, -0.2) is 0 Å². The highest BCUT2D eigenvalue weighted by atomic mass is 32.1. The van der Waals surface area contributed by atoms with E-state index in [4.69, 9.17) is 0 Å². The van der Waals surface area contributed by atoms with Crippen molar-refractivity contribution in [3.05, 3.63) is 107 Å². The molecule has 0 atom stereocenters. The Morgan fingerprint density at radius 1 is 1.04 bits per heavy atom. The summed E-state index contributed by atoms with van der Waals surface area (Å²) in [5.41, 5.74) is 3.35. The van der Waals surface area contributed by atoms with Gasteiger partial charge in [-0.15, -0.1) is 6.07 Å². The van der Waals surface area contributed by atoms with Gasteiger partial charge >= 0.3 is 0 Å². The Balaban J connectivity index is 1.43. The Bertz CT molecular complexity index is 944. The number of para-hydroxylation sites is 1. The number of aromatic nitrogens is 1. The number of hydrogen-bond donors (Lipinski definition) is 2. The van der Waals surface area contributed by atoms with Crippen molar-refractivity contribution >= 4 is 28.2 Å². The minimum Gasteiger partial charge on any atom is -0.434 e. The van der Waals surface area contributed by atoms with Crippen LogP contribution in [-0.2, 0) is 11.4 Å². The molecule has 0 amide bonds. The first-order valence-corrected chi connectivity index (χ1v) is 9.60. The van der Waals surface area contributed by atoms with Gasteiger partial charge in [0, 0.05) is 16.8 Å². The summed E-state index contributed by atoms with van der Waals surface area (Å²) in [6, 6.07) is 22.2. The number of anilines is 1. The summed E-state index contributed by atoms with van der Waals surface area (Å²) in [4.78, 5) is 17.0. The zero-order chi connectivity index (χ0) is 18.5. The normalized spacial score (nSPS) is 13.7. The smallest absolute Gasteiger partial charge is 0.260 e. The number of nitrogens with zero attached hydrogens (tertiary/aromatic N) is 1. The molecule has 134 valence electrons. The SMILES string of the molecule is O=C(c1ccccc1)c1ccccc1NC[C-]1C=[S+][C-](c2cccnc2)[NH2+]1. The molecule has 0 saturated carbocycles. The largest absolute Gasteiger partial charge is 0.434 e. The fourth-order valence-electron chi connectivity index (χ4n) is 2.91. The molecule has 5 heteroatoms. The molecule has 0 spiro atoms. The molecule has 0 fully saturated rings. The van der Waals surface area contributed by atoms with Gasteiger partial charge in [-0.2, -0.15) is 0 Å². The molecule has 1 aliphatic rings. The van der Waals surface area contributed by atoms with E-state index < -0.39 is 0 Å². The van der Waals surface area contributed by atoms with Crippen LogP contribution in [0, 0.1) is 11.4 Å². The van der Waals surface area contributed by atoms with Crippen LogP contribution in [0.5, 0.6) is 0 Å². The molecular formula is C22H19N3OS. The zero-order valence-electron chi connectivity index (χ0n) is 14.6. The van der Waals surface area contributed by atoms with Gasteiger partial charge in [0.1, 0.15) is 0 Å². The molecule has 27 heavy (non-hydrogen) atoms. The molecule has 0 aliphatic carbocycles. The maximum Gasteiger partial charge on any atom is 0.260 e. The monoisotopic (exact) mass is 373 g/mol. The number of benzene rings is 2. The Kier molecular flexibility index (Phi) is 5.23. The number of hydrogen-bond acceptors (Lipinski definition) is 3. The second-order valence-corrected chi connectivity index (χ2v) is 7.07. The van der Waals surface area contributed by atoms with Crippen molar-refractivity contribution in [1.82, 2.24) is 4.98 Å². The van der Waals surface area contributed by atoms with Crippen LogP contribution in [0.4, 0.5) is 5.69 Å². The average Bonchev–Trinajstić information content (AvgIpc) is 3.22. The van der Waals surface area contributed by atoms with Gasteiger partial charge < -0.3 is 15.6 Å². The van der Waals surface area contributed by atoms with Gasteiger partial charge in [-0.05, 0) is 30.9 Å². The molecule has 0 bridgehead atoms. The number of quaternary nitrogens is 1. The van der Waals surface area contributed by atoms with E-state index in [9.17, 15) is 4.79 Å².